The predicted octanol–water partition coefficient (Wildman–Crippen LogP) is 3.48. The monoisotopic (exact) mass is 456 g/mol. The third-order valence-electron chi connectivity index (χ3n) is 6.62. The van der Waals surface area contributed by atoms with E-state index in [2.05, 4.69) is 10.4 Å². The summed E-state index contributed by atoms with van der Waals surface area (Å²) in [6.45, 7) is 5.53. The van der Waals surface area contributed by atoms with Gasteiger partial charge in [0.25, 0.3) is 0 Å². The normalized spacial score (nSPS) is 18.0. The van der Waals surface area contributed by atoms with Gasteiger partial charge in [-0.1, -0.05) is 0 Å². The summed E-state index contributed by atoms with van der Waals surface area (Å²) in [4.78, 5) is 13.7. The highest BCUT2D eigenvalue weighted by Gasteiger charge is 2.31. The lowest BCUT2D eigenvalue weighted by Gasteiger charge is -2.27. The van der Waals surface area contributed by atoms with Crippen LogP contribution in [0.4, 0.5) is 20.3 Å². The van der Waals surface area contributed by atoms with Crippen LogP contribution >= 0.6 is 0 Å². The number of hydrogen-bond donors (Lipinski definition) is 1. The molecule has 1 fully saturated rings. The lowest BCUT2D eigenvalue weighted by atomic mass is 10.0. The van der Waals surface area contributed by atoms with Crippen molar-refractivity contribution in [1.82, 2.24) is 24.5 Å². The van der Waals surface area contributed by atoms with Gasteiger partial charge in [0.1, 0.15) is 11.6 Å². The molecule has 1 atom stereocenters. The topological polar surface area (TPSA) is 77.2 Å². The number of amides is 1. The Morgan fingerprint density at radius 1 is 1.24 bits per heavy atom. The quantitative estimate of drug-likeness (QED) is 0.651. The maximum Gasteiger partial charge on any atom is 0.219 e. The summed E-state index contributed by atoms with van der Waals surface area (Å²) in [5.41, 5.74) is 3.27. The van der Waals surface area contributed by atoms with Gasteiger partial charge in [0.05, 0.1) is 31.1 Å². The highest BCUT2D eigenvalue weighted by atomic mass is 19.1. The van der Waals surface area contributed by atoms with Crippen molar-refractivity contribution < 1.29 is 18.3 Å². The number of anilines is 2. The zero-order valence-corrected chi connectivity index (χ0v) is 18.9. The van der Waals surface area contributed by atoms with Crippen LogP contribution in [0, 0.1) is 18.6 Å². The van der Waals surface area contributed by atoms with E-state index in [1.165, 1.54) is 19.2 Å². The highest BCUT2D eigenvalue weighted by Crippen LogP contribution is 2.35. The molecule has 4 heterocycles. The van der Waals surface area contributed by atoms with Gasteiger partial charge in [-0.15, -0.1) is 0 Å². The molecular weight excluding hydrogens is 430 g/mol. The molecule has 5 rings (SSSR count). The van der Waals surface area contributed by atoms with Crippen LogP contribution in [0.5, 0.6) is 0 Å². The van der Waals surface area contributed by atoms with Gasteiger partial charge in [-0.2, -0.15) is 10.2 Å². The average molecular weight is 456 g/mol. The van der Waals surface area contributed by atoms with Gasteiger partial charge in [-0.25, -0.2) is 8.78 Å². The molecule has 0 bridgehead atoms. The van der Waals surface area contributed by atoms with Gasteiger partial charge in [-0.3, -0.25) is 14.2 Å². The van der Waals surface area contributed by atoms with Crippen LogP contribution in [0.15, 0.2) is 18.3 Å². The number of carbonyl (C=O) groups is 1. The Hall–Kier alpha value is -3.27. The Balaban J connectivity index is 1.52. The number of halogens is 2. The maximum atomic E-state index is 15.1. The highest BCUT2D eigenvalue weighted by molar-refractivity contribution is 5.75. The van der Waals surface area contributed by atoms with Crippen molar-refractivity contribution in [3.05, 3.63) is 46.9 Å². The van der Waals surface area contributed by atoms with Gasteiger partial charge >= 0.3 is 0 Å². The van der Waals surface area contributed by atoms with E-state index in [-0.39, 0.29) is 23.2 Å². The summed E-state index contributed by atoms with van der Waals surface area (Å²) >= 11 is 0. The average Bonchev–Trinajstić information content (AvgIpc) is 3.51. The molecule has 8 nitrogen and oxygen atoms in total. The summed E-state index contributed by atoms with van der Waals surface area (Å²) < 4.78 is 39.2. The first-order valence-corrected chi connectivity index (χ1v) is 11.0. The molecule has 10 heteroatoms. The van der Waals surface area contributed by atoms with E-state index in [1.54, 1.807) is 23.6 Å². The van der Waals surface area contributed by atoms with Crippen molar-refractivity contribution in [2.75, 3.05) is 25.1 Å². The van der Waals surface area contributed by atoms with E-state index in [0.717, 1.165) is 29.4 Å². The molecule has 0 saturated carbocycles. The summed E-state index contributed by atoms with van der Waals surface area (Å²) in [7, 11) is 1.75. The second kappa shape index (κ2) is 8.26. The van der Waals surface area contributed by atoms with Crippen molar-refractivity contribution in [2.24, 2.45) is 7.05 Å². The molecule has 174 valence electrons. The van der Waals surface area contributed by atoms with Crippen LogP contribution in [0.25, 0.3) is 11.1 Å². The third-order valence-corrected chi connectivity index (χ3v) is 6.62. The van der Waals surface area contributed by atoms with E-state index in [4.69, 9.17) is 9.84 Å². The van der Waals surface area contributed by atoms with Crippen molar-refractivity contribution in [1.29, 1.82) is 0 Å². The number of nitrogens with zero attached hydrogens (tertiary/aromatic N) is 5. The molecule has 0 radical (unpaired) electrons. The summed E-state index contributed by atoms with van der Waals surface area (Å²) in [6.07, 6.45) is 3.01. The number of ether oxygens (including phenoxy) is 1. The summed E-state index contributed by atoms with van der Waals surface area (Å²) in [6, 6.07) is 2.42. The van der Waals surface area contributed by atoms with Crippen LogP contribution < -0.4 is 5.32 Å². The number of hydrogen-bond acceptors (Lipinski definition) is 5. The first kappa shape index (κ1) is 21.6. The molecule has 1 N–H and O–H groups in total. The molecule has 1 amide bonds. The van der Waals surface area contributed by atoms with Crippen LogP contribution in [0.2, 0.25) is 0 Å². The third kappa shape index (κ3) is 3.78. The number of aromatic nitrogens is 4. The zero-order valence-electron chi connectivity index (χ0n) is 18.9. The van der Waals surface area contributed by atoms with E-state index < -0.39 is 11.6 Å². The van der Waals surface area contributed by atoms with E-state index in [1.807, 2.05) is 4.68 Å². The molecule has 3 aromatic rings. The minimum absolute atomic E-state index is 0.00661. The van der Waals surface area contributed by atoms with Gasteiger partial charge in [0.2, 0.25) is 5.91 Å². The molecule has 0 aliphatic carbocycles. The van der Waals surface area contributed by atoms with Crippen LogP contribution in [-0.4, -0.2) is 50.1 Å². The number of aryl methyl sites for hydroxylation is 1. The predicted molar refractivity (Wildman–Crippen MR) is 118 cm³/mol. The number of carbonyl (C=O) groups excluding carboxylic acids is 1. The Bertz CT molecular complexity index is 1230. The number of nitrogens with one attached hydrogen (secondary N) is 1. The zero-order chi connectivity index (χ0) is 23.3. The van der Waals surface area contributed by atoms with Crippen molar-refractivity contribution in [3.63, 3.8) is 0 Å². The fourth-order valence-corrected chi connectivity index (χ4v) is 4.57. The molecule has 1 saturated heterocycles. The first-order chi connectivity index (χ1) is 15.8. The van der Waals surface area contributed by atoms with E-state index >= 15 is 8.78 Å². The molecule has 2 aliphatic rings. The lowest BCUT2D eigenvalue weighted by molar-refractivity contribution is -0.129. The Kier molecular flexibility index (Phi) is 5.40. The lowest BCUT2D eigenvalue weighted by Crippen LogP contribution is -2.35. The largest absolute Gasteiger partial charge is 0.379 e. The SMILES string of the molecule is CC(=O)N1CCc2c(c(Nc3cc(F)c(-c4cnn(C)c4C)cc3F)nn2C2CCOC2)C1. The molecule has 0 spiro atoms. The molecule has 1 aromatic carbocycles. The number of fused-ring (bicyclic) bond motifs is 1. The smallest absolute Gasteiger partial charge is 0.219 e. The van der Waals surface area contributed by atoms with Crippen LogP contribution in [-0.2, 0) is 29.5 Å². The molecule has 1 unspecified atom stereocenters. The van der Waals surface area contributed by atoms with Crippen molar-refractivity contribution >= 4 is 17.4 Å². The summed E-state index contributed by atoms with van der Waals surface area (Å²) in [5.74, 6) is -0.748. The fourth-order valence-electron chi connectivity index (χ4n) is 4.57. The van der Waals surface area contributed by atoms with Gasteiger partial charge < -0.3 is 15.0 Å². The number of benzene rings is 1. The standard InChI is InChI=1S/C23H26F2N6O2/c1-13-17(10-26-29(13)3)16-8-20(25)21(9-19(16)24)27-23-18-11-30(14(2)32)6-4-22(18)31(28-23)15-5-7-33-12-15/h8-10,15H,4-7,11-12H2,1-3H3,(H,27,28). The molecule has 33 heavy (non-hydrogen) atoms. The van der Waals surface area contributed by atoms with Crippen LogP contribution in [0.3, 0.4) is 0 Å². The van der Waals surface area contributed by atoms with Crippen LogP contribution in [0.1, 0.15) is 36.3 Å². The van der Waals surface area contributed by atoms with E-state index in [9.17, 15) is 4.79 Å². The Labute approximate surface area is 190 Å². The fraction of sp³-hybridized carbons (Fsp3) is 0.435. The molecule has 2 aliphatic heterocycles. The van der Waals surface area contributed by atoms with E-state index in [0.29, 0.717) is 44.1 Å². The van der Waals surface area contributed by atoms with Gasteiger partial charge in [-0.05, 0) is 19.4 Å². The Morgan fingerprint density at radius 3 is 2.73 bits per heavy atom. The summed E-state index contributed by atoms with van der Waals surface area (Å²) in [5, 5.41) is 11.8. The second-order valence-corrected chi connectivity index (χ2v) is 8.63. The second-order valence-electron chi connectivity index (χ2n) is 8.63. The molecule has 2 aromatic heterocycles. The van der Waals surface area contributed by atoms with Gasteiger partial charge in [0.15, 0.2) is 5.82 Å². The minimum Gasteiger partial charge on any atom is -0.379 e. The van der Waals surface area contributed by atoms with Crippen molar-refractivity contribution in [2.45, 2.75) is 39.3 Å². The van der Waals surface area contributed by atoms with Crippen molar-refractivity contribution in [3.8, 4) is 11.1 Å². The maximum absolute atomic E-state index is 15.1. The molecular formula is C23H26F2N6O2. The number of rotatable bonds is 4. The minimum atomic E-state index is -0.596. The Morgan fingerprint density at radius 2 is 2.06 bits per heavy atom. The first-order valence-electron chi connectivity index (χ1n) is 11.0. The van der Waals surface area contributed by atoms with Gasteiger partial charge in [0, 0.05) is 67.7 Å².